The monoisotopic (exact) mass is 334 g/mol. The topological polar surface area (TPSA) is 34.9 Å². The van der Waals surface area contributed by atoms with Crippen LogP contribution in [0.3, 0.4) is 0 Å². The Morgan fingerprint density at radius 1 is 1.53 bits per heavy atom. The van der Waals surface area contributed by atoms with Gasteiger partial charge in [-0.05, 0) is 12.1 Å². The number of alkyl halides is 1. The Morgan fingerprint density at radius 2 is 2.27 bits per heavy atom. The number of hydrogen-bond acceptors (Lipinski definition) is 2. The first-order valence-electron chi connectivity index (χ1n) is 4.35. The van der Waals surface area contributed by atoms with E-state index in [2.05, 4.69) is 27.6 Å². The third-order valence-electron chi connectivity index (χ3n) is 2.27. The highest BCUT2D eigenvalue weighted by molar-refractivity contribution is 14.1. The smallest absolute Gasteiger partial charge is 0.262 e. The molecule has 1 aromatic heterocycles. The Morgan fingerprint density at radius 3 is 2.93 bits per heavy atom. The minimum atomic E-state index is -0.0859. The lowest BCUT2D eigenvalue weighted by atomic mass is 10.2. The third-order valence-corrected chi connectivity index (χ3v) is 3.26. The van der Waals surface area contributed by atoms with Crippen LogP contribution < -0.4 is 5.56 Å². The molecule has 0 bridgehead atoms. The van der Waals surface area contributed by atoms with E-state index in [1.807, 2.05) is 0 Å². The van der Waals surface area contributed by atoms with Crippen LogP contribution in [0.25, 0.3) is 10.9 Å². The number of fused-ring (bicyclic) bond motifs is 1. The van der Waals surface area contributed by atoms with Crippen LogP contribution in [-0.4, -0.2) is 9.55 Å². The van der Waals surface area contributed by atoms with Crippen LogP contribution >= 0.6 is 34.2 Å². The lowest BCUT2D eigenvalue weighted by molar-refractivity contribution is 0.790. The molecule has 2 aromatic rings. The summed E-state index contributed by atoms with van der Waals surface area (Å²) < 4.78 is 2.24. The maximum atomic E-state index is 12.0. The highest BCUT2D eigenvalue weighted by Crippen LogP contribution is 2.18. The average molecular weight is 335 g/mol. The molecule has 0 saturated carbocycles. The van der Waals surface area contributed by atoms with E-state index in [1.165, 1.54) is 0 Å². The molecule has 0 amide bonds. The van der Waals surface area contributed by atoms with Gasteiger partial charge < -0.3 is 0 Å². The van der Waals surface area contributed by atoms with Crippen molar-refractivity contribution < 1.29 is 0 Å². The minimum absolute atomic E-state index is 0.0859. The van der Waals surface area contributed by atoms with Crippen molar-refractivity contribution in [1.29, 1.82) is 0 Å². The standard InChI is InChI=1S/C10H8ClIN2O/c1-14-8(5-12)13-7-4-2-3-6(11)9(7)10(14)15/h2-4H,5H2,1H3. The summed E-state index contributed by atoms with van der Waals surface area (Å²) in [4.78, 5) is 16.3. The zero-order chi connectivity index (χ0) is 11.0. The van der Waals surface area contributed by atoms with Gasteiger partial charge in [-0.1, -0.05) is 40.3 Å². The van der Waals surface area contributed by atoms with Crippen molar-refractivity contribution in [2.24, 2.45) is 7.05 Å². The molecule has 0 aliphatic carbocycles. The largest absolute Gasteiger partial charge is 0.299 e. The summed E-state index contributed by atoms with van der Waals surface area (Å²) in [5.74, 6) is 0.760. The van der Waals surface area contributed by atoms with Gasteiger partial charge in [0.15, 0.2) is 0 Å². The summed E-state index contributed by atoms with van der Waals surface area (Å²) in [6.45, 7) is 0. The molecule has 0 atom stereocenters. The van der Waals surface area contributed by atoms with Gasteiger partial charge in [-0.25, -0.2) is 4.98 Å². The number of aromatic nitrogens is 2. The first-order chi connectivity index (χ1) is 7.15. The van der Waals surface area contributed by atoms with Crippen molar-refractivity contribution >= 4 is 45.1 Å². The van der Waals surface area contributed by atoms with Gasteiger partial charge >= 0.3 is 0 Å². The molecule has 0 N–H and O–H groups in total. The van der Waals surface area contributed by atoms with Crippen LogP contribution in [0.2, 0.25) is 5.02 Å². The van der Waals surface area contributed by atoms with E-state index >= 15 is 0 Å². The molecule has 0 aliphatic heterocycles. The Hall–Kier alpha value is -0.620. The van der Waals surface area contributed by atoms with E-state index in [-0.39, 0.29) is 5.56 Å². The molecule has 5 heteroatoms. The summed E-state index contributed by atoms with van der Waals surface area (Å²) in [6, 6.07) is 5.31. The molecular formula is C10H8ClIN2O. The fourth-order valence-corrected chi connectivity index (χ4v) is 2.37. The quantitative estimate of drug-likeness (QED) is 0.593. The SMILES string of the molecule is Cn1c(CI)nc2cccc(Cl)c2c1=O. The lowest BCUT2D eigenvalue weighted by Crippen LogP contribution is -2.21. The van der Waals surface area contributed by atoms with E-state index in [0.29, 0.717) is 20.4 Å². The number of nitrogens with zero attached hydrogens (tertiary/aromatic N) is 2. The summed E-state index contributed by atoms with van der Waals surface area (Å²) in [5.41, 5.74) is 0.578. The molecular weight excluding hydrogens is 326 g/mol. The highest BCUT2D eigenvalue weighted by Gasteiger charge is 2.09. The molecule has 1 aromatic carbocycles. The van der Waals surface area contributed by atoms with Crippen molar-refractivity contribution in [2.45, 2.75) is 4.43 Å². The van der Waals surface area contributed by atoms with E-state index in [4.69, 9.17) is 11.6 Å². The zero-order valence-electron chi connectivity index (χ0n) is 8.00. The maximum Gasteiger partial charge on any atom is 0.262 e. The molecule has 0 spiro atoms. The summed E-state index contributed by atoms with van der Waals surface area (Å²) in [5, 5.41) is 0.955. The molecule has 1 heterocycles. The van der Waals surface area contributed by atoms with E-state index in [0.717, 1.165) is 5.82 Å². The highest BCUT2D eigenvalue weighted by atomic mass is 127. The summed E-state index contributed by atoms with van der Waals surface area (Å²) >= 11 is 8.16. The molecule has 0 unspecified atom stereocenters. The predicted molar refractivity (Wildman–Crippen MR) is 69.7 cm³/mol. The Labute approximate surface area is 105 Å². The second-order valence-corrected chi connectivity index (χ2v) is 4.33. The van der Waals surface area contributed by atoms with Crippen molar-refractivity contribution in [1.82, 2.24) is 9.55 Å². The van der Waals surface area contributed by atoms with Crippen LogP contribution in [0.4, 0.5) is 0 Å². The number of halogens is 2. The van der Waals surface area contributed by atoms with E-state index in [9.17, 15) is 4.79 Å². The first-order valence-corrected chi connectivity index (χ1v) is 6.25. The fourth-order valence-electron chi connectivity index (χ4n) is 1.44. The zero-order valence-corrected chi connectivity index (χ0v) is 10.9. The van der Waals surface area contributed by atoms with Crippen LogP contribution in [0, 0.1) is 0 Å². The van der Waals surface area contributed by atoms with Gasteiger partial charge in [0.1, 0.15) is 5.82 Å². The van der Waals surface area contributed by atoms with Gasteiger partial charge in [0.05, 0.1) is 20.4 Å². The molecule has 2 rings (SSSR count). The van der Waals surface area contributed by atoms with Gasteiger partial charge in [0.25, 0.3) is 5.56 Å². The minimum Gasteiger partial charge on any atom is -0.299 e. The first kappa shape index (κ1) is 10.9. The molecule has 0 radical (unpaired) electrons. The molecule has 3 nitrogen and oxygen atoms in total. The van der Waals surface area contributed by atoms with Crippen LogP contribution in [0.1, 0.15) is 5.82 Å². The predicted octanol–water partition coefficient (Wildman–Crippen LogP) is 2.52. The van der Waals surface area contributed by atoms with Crippen LogP contribution in [0.15, 0.2) is 23.0 Å². The second kappa shape index (κ2) is 4.09. The van der Waals surface area contributed by atoms with Crippen molar-refractivity contribution in [3.63, 3.8) is 0 Å². The summed E-state index contributed by atoms with van der Waals surface area (Å²) in [7, 11) is 1.71. The van der Waals surface area contributed by atoms with Crippen LogP contribution in [-0.2, 0) is 11.5 Å². The maximum absolute atomic E-state index is 12.0. The Balaban J connectivity index is 2.98. The molecule has 0 saturated heterocycles. The van der Waals surface area contributed by atoms with Gasteiger partial charge in [0, 0.05) is 7.05 Å². The van der Waals surface area contributed by atoms with Gasteiger partial charge in [-0.2, -0.15) is 0 Å². The number of benzene rings is 1. The third kappa shape index (κ3) is 1.76. The van der Waals surface area contributed by atoms with E-state index in [1.54, 1.807) is 29.8 Å². The second-order valence-electron chi connectivity index (χ2n) is 3.16. The van der Waals surface area contributed by atoms with Crippen molar-refractivity contribution in [3.05, 3.63) is 39.4 Å². The molecule has 0 fully saturated rings. The Kier molecular flexibility index (Phi) is 2.97. The Bertz CT molecular complexity index is 579. The molecule has 15 heavy (non-hydrogen) atoms. The average Bonchev–Trinajstić information content (AvgIpc) is 2.23. The van der Waals surface area contributed by atoms with Crippen LogP contribution in [0.5, 0.6) is 0 Å². The van der Waals surface area contributed by atoms with Gasteiger partial charge in [-0.3, -0.25) is 9.36 Å². The molecule has 0 aliphatic rings. The lowest BCUT2D eigenvalue weighted by Gasteiger charge is -2.07. The van der Waals surface area contributed by atoms with Gasteiger partial charge in [-0.15, -0.1) is 0 Å². The fraction of sp³-hybridized carbons (Fsp3) is 0.200. The van der Waals surface area contributed by atoms with Crippen molar-refractivity contribution in [3.8, 4) is 0 Å². The number of rotatable bonds is 1. The van der Waals surface area contributed by atoms with E-state index < -0.39 is 0 Å². The molecule has 78 valence electrons. The summed E-state index contributed by atoms with van der Waals surface area (Å²) in [6.07, 6.45) is 0. The van der Waals surface area contributed by atoms with Crippen molar-refractivity contribution in [2.75, 3.05) is 0 Å². The normalized spacial score (nSPS) is 10.9. The number of hydrogen-bond donors (Lipinski definition) is 0. The van der Waals surface area contributed by atoms with Gasteiger partial charge in [0.2, 0.25) is 0 Å².